The summed E-state index contributed by atoms with van der Waals surface area (Å²) in [6, 6.07) is 14.8. The smallest absolute Gasteiger partial charge is 0.324 e. The maximum absolute atomic E-state index is 13.3. The molecule has 0 spiro atoms. The molecular weight excluding hydrogens is 500 g/mol. The number of hydrogen-bond acceptors (Lipinski definition) is 3. The van der Waals surface area contributed by atoms with Crippen LogP contribution in [0.25, 0.3) is 0 Å². The van der Waals surface area contributed by atoms with E-state index in [1.807, 2.05) is 0 Å². The van der Waals surface area contributed by atoms with E-state index in [2.05, 4.69) is 5.32 Å². The van der Waals surface area contributed by atoms with E-state index in [9.17, 15) is 26.4 Å². The fourth-order valence-corrected chi connectivity index (χ4v) is 5.03. The van der Waals surface area contributed by atoms with Crippen LogP contribution in [0.5, 0.6) is 0 Å². The number of halogens is 5. The van der Waals surface area contributed by atoms with Gasteiger partial charge in [0.1, 0.15) is 6.54 Å². The average molecular weight is 517 g/mol. The third-order valence-corrected chi connectivity index (χ3v) is 6.94. The van der Waals surface area contributed by atoms with Crippen molar-refractivity contribution in [2.75, 3.05) is 16.2 Å². The molecule has 0 radical (unpaired) electrons. The lowest BCUT2D eigenvalue weighted by molar-refractivity contribution is -0.137. The standard InChI is InChI=1S/C22H17Cl2F3N2O3S/c1-14-11-15(23)7-10-20(14)29(33(31,32)17-5-3-2-4-6-17)13-21(30)28-16-8-9-19(24)18(12-16)22(25,26)27/h2-12H,13H2,1H3,(H,28,30). The van der Waals surface area contributed by atoms with Crippen molar-refractivity contribution in [1.29, 1.82) is 0 Å². The summed E-state index contributed by atoms with van der Waals surface area (Å²) < 4.78 is 66.9. The summed E-state index contributed by atoms with van der Waals surface area (Å²) in [5, 5.41) is 2.16. The molecule has 0 bridgehead atoms. The Labute approximate surface area is 198 Å². The number of carbonyl (C=O) groups excluding carboxylic acids is 1. The number of rotatable bonds is 6. The monoisotopic (exact) mass is 516 g/mol. The first-order chi connectivity index (χ1) is 15.4. The number of anilines is 2. The van der Waals surface area contributed by atoms with E-state index in [0.29, 0.717) is 16.7 Å². The van der Waals surface area contributed by atoms with Gasteiger partial charge in [-0.3, -0.25) is 9.10 Å². The second kappa shape index (κ2) is 9.62. The van der Waals surface area contributed by atoms with Crippen LogP contribution in [0.15, 0.2) is 71.6 Å². The van der Waals surface area contributed by atoms with Crippen LogP contribution >= 0.6 is 23.2 Å². The Morgan fingerprint density at radius 3 is 2.27 bits per heavy atom. The summed E-state index contributed by atoms with van der Waals surface area (Å²) in [6.45, 7) is 0.936. The lowest BCUT2D eigenvalue weighted by atomic mass is 10.2. The van der Waals surface area contributed by atoms with Gasteiger partial charge in [-0.25, -0.2) is 8.42 Å². The summed E-state index contributed by atoms with van der Waals surface area (Å²) >= 11 is 11.6. The van der Waals surface area contributed by atoms with Crippen molar-refractivity contribution in [1.82, 2.24) is 0 Å². The van der Waals surface area contributed by atoms with Crippen LogP contribution in [0.4, 0.5) is 24.5 Å². The summed E-state index contributed by atoms with van der Waals surface area (Å²) in [7, 11) is -4.19. The summed E-state index contributed by atoms with van der Waals surface area (Å²) in [4.78, 5) is 12.7. The highest BCUT2D eigenvalue weighted by Crippen LogP contribution is 2.36. The van der Waals surface area contributed by atoms with E-state index in [-0.39, 0.29) is 16.3 Å². The van der Waals surface area contributed by atoms with E-state index < -0.39 is 39.2 Å². The normalized spacial score (nSPS) is 11.8. The molecule has 3 rings (SSSR count). The number of nitrogens with one attached hydrogen (secondary N) is 1. The molecule has 0 saturated carbocycles. The molecule has 33 heavy (non-hydrogen) atoms. The van der Waals surface area contributed by atoms with Crippen molar-refractivity contribution < 1.29 is 26.4 Å². The van der Waals surface area contributed by atoms with Crippen LogP contribution in [0, 0.1) is 6.92 Å². The second-order valence-corrected chi connectivity index (χ2v) is 9.70. The zero-order chi connectivity index (χ0) is 24.4. The molecule has 0 aliphatic heterocycles. The van der Waals surface area contributed by atoms with Crippen LogP contribution in [0.2, 0.25) is 10.0 Å². The van der Waals surface area contributed by atoms with Crippen molar-refractivity contribution in [3.05, 3.63) is 87.9 Å². The van der Waals surface area contributed by atoms with Crippen molar-refractivity contribution in [2.24, 2.45) is 0 Å². The molecule has 0 saturated heterocycles. The number of carbonyl (C=O) groups is 1. The summed E-state index contributed by atoms with van der Waals surface area (Å²) in [5.74, 6) is -0.848. The first-order valence-corrected chi connectivity index (χ1v) is 11.6. The molecule has 5 nitrogen and oxygen atoms in total. The van der Waals surface area contributed by atoms with Crippen LogP contribution in [0.3, 0.4) is 0 Å². The number of amides is 1. The van der Waals surface area contributed by atoms with E-state index in [1.54, 1.807) is 13.0 Å². The topological polar surface area (TPSA) is 66.5 Å². The Bertz CT molecular complexity index is 1280. The summed E-state index contributed by atoms with van der Waals surface area (Å²) in [6.07, 6.45) is -4.72. The Hall–Kier alpha value is -2.75. The minimum Gasteiger partial charge on any atom is -0.324 e. The highest BCUT2D eigenvalue weighted by Gasteiger charge is 2.34. The number of nitrogens with zero attached hydrogens (tertiary/aromatic N) is 1. The highest BCUT2D eigenvalue weighted by molar-refractivity contribution is 7.92. The largest absolute Gasteiger partial charge is 0.417 e. The molecule has 0 unspecified atom stereocenters. The van der Waals surface area contributed by atoms with E-state index in [4.69, 9.17) is 23.2 Å². The van der Waals surface area contributed by atoms with Crippen molar-refractivity contribution >= 4 is 50.5 Å². The predicted octanol–water partition coefficient (Wildman–Crippen LogP) is 6.15. The molecule has 174 valence electrons. The van der Waals surface area contributed by atoms with Gasteiger partial charge in [-0.1, -0.05) is 41.4 Å². The van der Waals surface area contributed by atoms with Gasteiger partial charge >= 0.3 is 6.18 Å². The first kappa shape index (κ1) is 24.9. The van der Waals surface area contributed by atoms with Crippen molar-refractivity contribution in [3.63, 3.8) is 0 Å². The minimum atomic E-state index is -4.72. The third-order valence-electron chi connectivity index (χ3n) is 4.60. The van der Waals surface area contributed by atoms with Gasteiger partial charge in [-0.15, -0.1) is 0 Å². The molecule has 0 atom stereocenters. The number of alkyl halides is 3. The van der Waals surface area contributed by atoms with Gasteiger partial charge < -0.3 is 5.32 Å². The lowest BCUT2D eigenvalue weighted by Crippen LogP contribution is -2.38. The lowest BCUT2D eigenvalue weighted by Gasteiger charge is -2.26. The zero-order valence-electron chi connectivity index (χ0n) is 17.0. The maximum atomic E-state index is 13.3. The SMILES string of the molecule is Cc1cc(Cl)ccc1N(CC(=O)Nc1ccc(Cl)c(C(F)(F)F)c1)S(=O)(=O)c1ccccc1. The van der Waals surface area contributed by atoms with Gasteiger partial charge in [0.15, 0.2) is 0 Å². The third kappa shape index (κ3) is 5.79. The minimum absolute atomic E-state index is 0.0574. The summed E-state index contributed by atoms with van der Waals surface area (Å²) in [5.41, 5.74) is -0.614. The number of aryl methyl sites for hydroxylation is 1. The Morgan fingerprint density at radius 1 is 1.00 bits per heavy atom. The Balaban J connectivity index is 1.97. The molecule has 11 heteroatoms. The van der Waals surface area contributed by atoms with Gasteiger partial charge in [-0.05, 0) is 61.0 Å². The first-order valence-electron chi connectivity index (χ1n) is 9.40. The molecule has 3 aromatic carbocycles. The van der Waals surface area contributed by atoms with E-state index in [0.717, 1.165) is 10.4 Å². The van der Waals surface area contributed by atoms with Crippen LogP contribution in [-0.2, 0) is 21.0 Å². The number of sulfonamides is 1. The van der Waals surface area contributed by atoms with Crippen LogP contribution in [0.1, 0.15) is 11.1 Å². The molecular formula is C22H17Cl2F3N2O3S. The van der Waals surface area contributed by atoms with Crippen LogP contribution < -0.4 is 9.62 Å². The number of benzene rings is 3. The second-order valence-electron chi connectivity index (χ2n) is 7.00. The van der Waals surface area contributed by atoms with Gasteiger partial charge in [0.25, 0.3) is 10.0 Å². The van der Waals surface area contributed by atoms with E-state index >= 15 is 0 Å². The molecule has 0 aliphatic rings. The Kier molecular flexibility index (Phi) is 7.26. The van der Waals surface area contributed by atoms with Gasteiger partial charge in [-0.2, -0.15) is 13.2 Å². The average Bonchev–Trinajstić information content (AvgIpc) is 2.73. The van der Waals surface area contributed by atoms with Crippen molar-refractivity contribution in [2.45, 2.75) is 18.0 Å². The van der Waals surface area contributed by atoms with E-state index in [1.165, 1.54) is 48.5 Å². The molecule has 0 aromatic heterocycles. The van der Waals surface area contributed by atoms with Crippen molar-refractivity contribution in [3.8, 4) is 0 Å². The molecule has 1 N–H and O–H groups in total. The number of hydrogen-bond donors (Lipinski definition) is 1. The molecule has 1 amide bonds. The fraction of sp³-hybridized carbons (Fsp3) is 0.136. The highest BCUT2D eigenvalue weighted by atomic mass is 35.5. The van der Waals surface area contributed by atoms with Gasteiger partial charge in [0, 0.05) is 10.7 Å². The van der Waals surface area contributed by atoms with Gasteiger partial charge in [0.05, 0.1) is 21.2 Å². The molecule has 0 fully saturated rings. The van der Waals surface area contributed by atoms with Gasteiger partial charge in [0.2, 0.25) is 5.91 Å². The molecule has 0 heterocycles. The zero-order valence-corrected chi connectivity index (χ0v) is 19.4. The predicted molar refractivity (Wildman–Crippen MR) is 122 cm³/mol. The molecule has 0 aliphatic carbocycles. The maximum Gasteiger partial charge on any atom is 0.417 e. The fourth-order valence-electron chi connectivity index (χ4n) is 3.07. The molecule has 3 aromatic rings. The van der Waals surface area contributed by atoms with Crippen LogP contribution in [-0.4, -0.2) is 20.9 Å². The quantitative estimate of drug-likeness (QED) is 0.426. The Morgan fingerprint density at radius 2 is 1.67 bits per heavy atom.